The van der Waals surface area contributed by atoms with E-state index in [0.29, 0.717) is 12.3 Å². The summed E-state index contributed by atoms with van der Waals surface area (Å²) in [5.74, 6) is 1.13. The zero-order valence-corrected chi connectivity index (χ0v) is 10.6. The van der Waals surface area contributed by atoms with Gasteiger partial charge in [-0.2, -0.15) is 0 Å². The Morgan fingerprint density at radius 3 is 2.83 bits per heavy atom. The molecule has 1 aliphatic rings. The maximum Gasteiger partial charge on any atom is 0.322 e. The van der Waals surface area contributed by atoms with Crippen LogP contribution in [0.3, 0.4) is 0 Å². The third kappa shape index (κ3) is 3.47. The smallest absolute Gasteiger partial charge is 0.322 e. The van der Waals surface area contributed by atoms with Gasteiger partial charge in [-0.1, -0.05) is 18.2 Å². The van der Waals surface area contributed by atoms with Crippen molar-refractivity contribution in [1.82, 2.24) is 0 Å². The quantitative estimate of drug-likeness (QED) is 0.776. The van der Waals surface area contributed by atoms with Crippen LogP contribution in [0, 0.1) is 5.92 Å². The molecule has 2 N–H and O–H groups in total. The van der Waals surface area contributed by atoms with Crippen molar-refractivity contribution in [1.29, 1.82) is 0 Å². The molecule has 0 heterocycles. The van der Waals surface area contributed by atoms with Crippen LogP contribution in [-0.2, 0) is 16.0 Å². The number of hydrogen-bond donors (Lipinski definition) is 1. The van der Waals surface area contributed by atoms with Gasteiger partial charge in [0.25, 0.3) is 0 Å². The van der Waals surface area contributed by atoms with Gasteiger partial charge in [-0.15, -0.1) is 0 Å². The van der Waals surface area contributed by atoms with Gasteiger partial charge in [-0.3, -0.25) is 4.79 Å². The minimum absolute atomic E-state index is 0.396. The number of rotatable bonds is 6. The Labute approximate surface area is 107 Å². The maximum absolute atomic E-state index is 11.3. The summed E-state index contributed by atoms with van der Waals surface area (Å²) in [6, 6.07) is 7.06. The van der Waals surface area contributed by atoms with Crippen LogP contribution in [0.5, 0.6) is 5.75 Å². The second-order valence-electron chi connectivity index (χ2n) is 4.70. The molecule has 2 rings (SSSR count). The van der Waals surface area contributed by atoms with Crippen molar-refractivity contribution < 1.29 is 14.3 Å². The Morgan fingerprint density at radius 1 is 1.44 bits per heavy atom. The molecule has 0 unspecified atom stereocenters. The summed E-state index contributed by atoms with van der Waals surface area (Å²) in [6.45, 7) is 0.754. The summed E-state index contributed by atoms with van der Waals surface area (Å²) in [5, 5.41) is 0. The molecule has 0 radical (unpaired) electrons. The summed E-state index contributed by atoms with van der Waals surface area (Å²) in [7, 11) is 1.34. The summed E-state index contributed by atoms with van der Waals surface area (Å²) in [6.07, 6.45) is 2.95. The van der Waals surface area contributed by atoms with E-state index in [1.807, 2.05) is 24.3 Å². The van der Waals surface area contributed by atoms with Crippen LogP contribution in [0.25, 0.3) is 0 Å². The van der Waals surface area contributed by atoms with Crippen molar-refractivity contribution in [2.45, 2.75) is 25.3 Å². The van der Waals surface area contributed by atoms with E-state index in [9.17, 15) is 4.79 Å². The van der Waals surface area contributed by atoms with E-state index in [2.05, 4.69) is 4.74 Å². The predicted molar refractivity (Wildman–Crippen MR) is 68.4 cm³/mol. The zero-order chi connectivity index (χ0) is 13.0. The lowest BCUT2D eigenvalue weighted by molar-refractivity contribution is -0.142. The number of ether oxygens (including phenoxy) is 2. The maximum atomic E-state index is 11.3. The first-order valence-corrected chi connectivity index (χ1v) is 6.25. The Kier molecular flexibility index (Phi) is 4.20. The van der Waals surface area contributed by atoms with Crippen molar-refractivity contribution in [3.63, 3.8) is 0 Å². The molecule has 0 aliphatic heterocycles. The Hall–Kier alpha value is -1.55. The monoisotopic (exact) mass is 249 g/mol. The second-order valence-corrected chi connectivity index (χ2v) is 4.70. The van der Waals surface area contributed by atoms with Crippen molar-refractivity contribution in [3.05, 3.63) is 29.8 Å². The topological polar surface area (TPSA) is 61.5 Å². The van der Waals surface area contributed by atoms with Crippen molar-refractivity contribution in [2.75, 3.05) is 13.7 Å². The molecule has 18 heavy (non-hydrogen) atoms. The highest BCUT2D eigenvalue weighted by atomic mass is 16.5. The lowest BCUT2D eigenvalue weighted by Crippen LogP contribution is -2.33. The molecule has 4 nitrogen and oxygen atoms in total. The molecule has 0 spiro atoms. The predicted octanol–water partition coefficient (Wildman–Crippen LogP) is 1.52. The average molecular weight is 249 g/mol. The summed E-state index contributed by atoms with van der Waals surface area (Å²) >= 11 is 0. The van der Waals surface area contributed by atoms with E-state index < -0.39 is 12.0 Å². The molecule has 0 saturated heterocycles. The van der Waals surface area contributed by atoms with Gasteiger partial charge in [-0.25, -0.2) is 0 Å². The van der Waals surface area contributed by atoms with Crippen LogP contribution in [0.2, 0.25) is 0 Å². The summed E-state index contributed by atoms with van der Waals surface area (Å²) in [5.41, 5.74) is 6.72. The summed E-state index contributed by atoms with van der Waals surface area (Å²) in [4.78, 5) is 11.3. The molecule has 1 fully saturated rings. The Balaban J connectivity index is 1.99. The van der Waals surface area contributed by atoms with Gasteiger partial charge in [0.15, 0.2) is 0 Å². The average Bonchev–Trinajstić information content (AvgIpc) is 3.20. The van der Waals surface area contributed by atoms with Gasteiger partial charge >= 0.3 is 5.97 Å². The van der Waals surface area contributed by atoms with Crippen LogP contribution in [0.1, 0.15) is 18.4 Å². The number of nitrogens with two attached hydrogens (primary N) is 1. The molecule has 1 aliphatic carbocycles. The second kappa shape index (κ2) is 5.87. The van der Waals surface area contributed by atoms with E-state index in [1.54, 1.807) is 0 Å². The van der Waals surface area contributed by atoms with Gasteiger partial charge in [0.1, 0.15) is 11.8 Å². The minimum atomic E-state index is -0.638. The normalized spacial score (nSPS) is 16.1. The fraction of sp³-hybridized carbons (Fsp3) is 0.500. The molecule has 1 aromatic rings. The number of hydrogen-bond acceptors (Lipinski definition) is 4. The number of benzene rings is 1. The molecular weight excluding hydrogens is 230 g/mol. The van der Waals surface area contributed by atoms with Crippen LogP contribution in [0.4, 0.5) is 0 Å². The van der Waals surface area contributed by atoms with Crippen molar-refractivity contribution >= 4 is 5.97 Å². The fourth-order valence-corrected chi connectivity index (χ4v) is 1.78. The number of carbonyl (C=O) groups is 1. The van der Waals surface area contributed by atoms with Gasteiger partial charge < -0.3 is 15.2 Å². The van der Waals surface area contributed by atoms with E-state index in [-0.39, 0.29) is 0 Å². The molecule has 4 heteroatoms. The molecule has 1 saturated carbocycles. The standard InChI is InChI=1S/C14H19NO3/c1-17-14(16)12(15)8-11-4-2-3-5-13(11)18-9-10-6-7-10/h2-5,10,12H,6-9,15H2,1H3/t12-/m0/s1. The van der Waals surface area contributed by atoms with Crippen LogP contribution < -0.4 is 10.5 Å². The lowest BCUT2D eigenvalue weighted by Gasteiger charge is -2.14. The first kappa shape index (κ1) is 12.9. The van der Waals surface area contributed by atoms with Crippen LogP contribution >= 0.6 is 0 Å². The highest BCUT2D eigenvalue weighted by Gasteiger charge is 2.23. The summed E-state index contributed by atoms with van der Waals surface area (Å²) < 4.78 is 10.4. The van der Waals surface area contributed by atoms with E-state index in [1.165, 1.54) is 20.0 Å². The van der Waals surface area contributed by atoms with E-state index in [4.69, 9.17) is 10.5 Å². The molecule has 98 valence electrons. The largest absolute Gasteiger partial charge is 0.493 e. The number of esters is 1. The number of carbonyl (C=O) groups excluding carboxylic acids is 1. The highest BCUT2D eigenvalue weighted by molar-refractivity contribution is 5.75. The molecule has 0 aromatic heterocycles. The number of para-hydroxylation sites is 1. The fourth-order valence-electron chi connectivity index (χ4n) is 1.78. The SMILES string of the molecule is COC(=O)[C@@H](N)Cc1ccccc1OCC1CC1. The molecule has 0 amide bonds. The van der Waals surface area contributed by atoms with E-state index in [0.717, 1.165) is 17.9 Å². The first-order valence-electron chi connectivity index (χ1n) is 6.25. The molecule has 1 aromatic carbocycles. The van der Waals surface area contributed by atoms with Gasteiger partial charge in [0.05, 0.1) is 13.7 Å². The third-order valence-corrected chi connectivity index (χ3v) is 3.09. The lowest BCUT2D eigenvalue weighted by atomic mass is 10.1. The van der Waals surface area contributed by atoms with E-state index >= 15 is 0 Å². The van der Waals surface area contributed by atoms with Gasteiger partial charge in [0, 0.05) is 6.42 Å². The van der Waals surface area contributed by atoms with Gasteiger partial charge in [0.2, 0.25) is 0 Å². The number of methoxy groups -OCH3 is 1. The zero-order valence-electron chi connectivity index (χ0n) is 10.6. The molecular formula is C14H19NO3. The van der Waals surface area contributed by atoms with Crippen LogP contribution in [-0.4, -0.2) is 25.7 Å². The Morgan fingerprint density at radius 2 is 2.17 bits per heavy atom. The molecule has 1 atom stereocenters. The van der Waals surface area contributed by atoms with Gasteiger partial charge in [-0.05, 0) is 30.4 Å². The van der Waals surface area contributed by atoms with Crippen molar-refractivity contribution in [3.8, 4) is 5.75 Å². The van der Waals surface area contributed by atoms with Crippen LogP contribution in [0.15, 0.2) is 24.3 Å². The molecule has 0 bridgehead atoms. The first-order chi connectivity index (χ1) is 8.70. The highest BCUT2D eigenvalue weighted by Crippen LogP contribution is 2.30. The Bertz CT molecular complexity index is 415. The third-order valence-electron chi connectivity index (χ3n) is 3.09. The minimum Gasteiger partial charge on any atom is -0.493 e. The van der Waals surface area contributed by atoms with Crippen molar-refractivity contribution in [2.24, 2.45) is 11.7 Å².